The lowest BCUT2D eigenvalue weighted by molar-refractivity contribution is -0.0506. The van der Waals surface area contributed by atoms with Crippen molar-refractivity contribution in [1.82, 2.24) is 0 Å². The highest BCUT2D eigenvalue weighted by molar-refractivity contribution is 9.11. The quantitative estimate of drug-likeness (QED) is 0.752. The molecule has 0 aromatic heterocycles. The van der Waals surface area contributed by atoms with Gasteiger partial charge in [-0.2, -0.15) is 8.78 Å². The minimum absolute atomic E-state index is 0.133. The van der Waals surface area contributed by atoms with Gasteiger partial charge in [-0.3, -0.25) is 4.79 Å². The molecule has 0 amide bonds. The number of benzene rings is 1. The summed E-state index contributed by atoms with van der Waals surface area (Å²) in [4.78, 5) is 11.0. The van der Waals surface area contributed by atoms with Gasteiger partial charge in [0.15, 0.2) is 5.75 Å². The van der Waals surface area contributed by atoms with Gasteiger partial charge in [0.05, 0.1) is 10.0 Å². The molecule has 0 bridgehead atoms. The summed E-state index contributed by atoms with van der Waals surface area (Å²) < 4.78 is 28.9. The van der Waals surface area contributed by atoms with Gasteiger partial charge in [0.25, 0.3) is 5.24 Å². The molecule has 0 N–H and O–H groups in total. The highest BCUT2D eigenvalue weighted by Crippen LogP contribution is 2.36. The number of hydrogen-bond donors (Lipinski definition) is 0. The van der Waals surface area contributed by atoms with Crippen LogP contribution in [0.2, 0.25) is 0 Å². The van der Waals surface area contributed by atoms with Crippen molar-refractivity contribution in [2.75, 3.05) is 0 Å². The van der Waals surface area contributed by atoms with Crippen LogP contribution in [0.3, 0.4) is 0 Å². The van der Waals surface area contributed by atoms with Crippen LogP contribution in [0.5, 0.6) is 5.75 Å². The Morgan fingerprint density at radius 3 is 2.33 bits per heavy atom. The van der Waals surface area contributed by atoms with E-state index in [4.69, 9.17) is 11.6 Å². The molecule has 0 unspecified atom stereocenters. The van der Waals surface area contributed by atoms with Gasteiger partial charge in [0, 0.05) is 4.47 Å². The minimum atomic E-state index is -3.02. The van der Waals surface area contributed by atoms with E-state index in [0.29, 0.717) is 4.47 Å². The molecule has 1 aromatic rings. The van der Waals surface area contributed by atoms with Crippen LogP contribution in [0.4, 0.5) is 8.78 Å². The molecule has 0 aliphatic heterocycles. The van der Waals surface area contributed by atoms with E-state index in [1.165, 1.54) is 12.1 Å². The topological polar surface area (TPSA) is 26.3 Å². The molecule has 2 nitrogen and oxygen atoms in total. The summed E-state index contributed by atoms with van der Waals surface area (Å²) in [5, 5.41) is -0.876. The van der Waals surface area contributed by atoms with Gasteiger partial charge in [-0.25, -0.2) is 0 Å². The standard InChI is InChI=1S/C8H3Br2ClF2O2/c9-3-1-2-4(10)6(15-8(12)13)5(3)7(11)14/h1-2,8H. The molecule has 7 heteroatoms. The van der Waals surface area contributed by atoms with Crippen LogP contribution in [-0.2, 0) is 0 Å². The summed E-state index contributed by atoms with van der Waals surface area (Å²) in [6.07, 6.45) is 0. The molecule has 0 aliphatic carbocycles. The summed E-state index contributed by atoms with van der Waals surface area (Å²) in [5.41, 5.74) is -0.133. The summed E-state index contributed by atoms with van der Waals surface area (Å²) in [7, 11) is 0. The Kier molecular flexibility index (Phi) is 4.48. The monoisotopic (exact) mass is 362 g/mol. The van der Waals surface area contributed by atoms with Crippen molar-refractivity contribution in [3.05, 3.63) is 26.6 Å². The zero-order chi connectivity index (χ0) is 11.6. The van der Waals surface area contributed by atoms with Crippen molar-refractivity contribution >= 4 is 48.7 Å². The third kappa shape index (κ3) is 3.12. The van der Waals surface area contributed by atoms with Gasteiger partial charge in [0.1, 0.15) is 0 Å². The fourth-order valence-corrected chi connectivity index (χ4v) is 2.14. The Hall–Kier alpha value is -0.200. The van der Waals surface area contributed by atoms with Crippen molar-refractivity contribution in [1.29, 1.82) is 0 Å². The van der Waals surface area contributed by atoms with E-state index in [9.17, 15) is 13.6 Å². The van der Waals surface area contributed by atoms with Gasteiger partial charge >= 0.3 is 6.61 Å². The Bertz CT molecular complexity index is 398. The van der Waals surface area contributed by atoms with Crippen LogP contribution in [0.15, 0.2) is 21.1 Å². The first-order valence-corrected chi connectivity index (χ1v) is 5.52. The average Bonchev–Trinajstić information content (AvgIpc) is 2.10. The van der Waals surface area contributed by atoms with E-state index in [1.807, 2.05) is 0 Å². The summed E-state index contributed by atoms with van der Waals surface area (Å²) in [5.74, 6) is -0.278. The zero-order valence-electron chi connectivity index (χ0n) is 6.94. The van der Waals surface area contributed by atoms with E-state index in [2.05, 4.69) is 36.6 Å². The molecule has 0 spiro atoms. The van der Waals surface area contributed by atoms with E-state index in [-0.39, 0.29) is 15.8 Å². The number of hydrogen-bond acceptors (Lipinski definition) is 2. The van der Waals surface area contributed by atoms with Crippen molar-refractivity contribution in [2.45, 2.75) is 6.61 Å². The predicted molar refractivity (Wildman–Crippen MR) is 58.7 cm³/mol. The molecule has 15 heavy (non-hydrogen) atoms. The number of alkyl halides is 2. The van der Waals surface area contributed by atoms with Gasteiger partial charge < -0.3 is 4.74 Å². The van der Waals surface area contributed by atoms with Crippen molar-refractivity contribution < 1.29 is 18.3 Å². The lowest BCUT2D eigenvalue weighted by atomic mass is 10.2. The van der Waals surface area contributed by atoms with Crippen LogP contribution in [0.1, 0.15) is 10.4 Å². The smallest absolute Gasteiger partial charge is 0.387 e. The van der Waals surface area contributed by atoms with Crippen molar-refractivity contribution in [2.24, 2.45) is 0 Å². The second kappa shape index (κ2) is 5.23. The summed E-state index contributed by atoms with van der Waals surface area (Å²) in [6, 6.07) is 2.96. The molecular weight excluding hydrogens is 361 g/mol. The lowest BCUT2D eigenvalue weighted by Crippen LogP contribution is -2.07. The molecule has 0 radical (unpaired) electrons. The first-order valence-electron chi connectivity index (χ1n) is 3.56. The third-order valence-corrected chi connectivity index (χ3v) is 2.94. The number of carbonyl (C=O) groups excluding carboxylic acids is 1. The van der Waals surface area contributed by atoms with Crippen LogP contribution in [0, 0.1) is 0 Å². The van der Waals surface area contributed by atoms with E-state index < -0.39 is 11.9 Å². The fraction of sp³-hybridized carbons (Fsp3) is 0.125. The maximum absolute atomic E-state index is 12.1. The summed E-state index contributed by atoms with van der Waals surface area (Å²) in [6.45, 7) is -3.02. The van der Waals surface area contributed by atoms with Gasteiger partial charge in [-0.15, -0.1) is 0 Å². The second-order valence-electron chi connectivity index (χ2n) is 2.39. The summed E-state index contributed by atoms with van der Waals surface area (Å²) >= 11 is 11.3. The lowest BCUT2D eigenvalue weighted by Gasteiger charge is -2.11. The maximum Gasteiger partial charge on any atom is 0.387 e. The van der Waals surface area contributed by atoms with Crippen LogP contribution in [0.25, 0.3) is 0 Å². The van der Waals surface area contributed by atoms with Crippen molar-refractivity contribution in [3.8, 4) is 5.75 Å². The highest BCUT2D eigenvalue weighted by Gasteiger charge is 2.20. The Morgan fingerprint density at radius 1 is 1.33 bits per heavy atom. The Morgan fingerprint density at radius 2 is 1.87 bits per heavy atom. The van der Waals surface area contributed by atoms with Gasteiger partial charge in [-0.05, 0) is 55.6 Å². The van der Waals surface area contributed by atoms with Crippen LogP contribution in [-0.4, -0.2) is 11.9 Å². The van der Waals surface area contributed by atoms with Gasteiger partial charge in [-0.1, -0.05) is 0 Å². The number of carbonyl (C=O) groups is 1. The first-order chi connectivity index (χ1) is 6.93. The largest absolute Gasteiger partial charge is 0.433 e. The normalized spacial score (nSPS) is 10.5. The number of rotatable bonds is 3. The molecule has 0 saturated heterocycles. The predicted octanol–water partition coefficient (Wildman–Crippen LogP) is 4.19. The molecule has 1 rings (SSSR count). The molecule has 1 aromatic carbocycles. The molecule has 82 valence electrons. The Balaban J connectivity index is 3.31. The number of ether oxygens (including phenoxy) is 1. The average molecular weight is 364 g/mol. The molecular formula is C8H3Br2ClF2O2. The van der Waals surface area contributed by atoms with Gasteiger partial charge in [0.2, 0.25) is 0 Å². The third-order valence-electron chi connectivity index (χ3n) is 1.46. The van der Waals surface area contributed by atoms with E-state index in [0.717, 1.165) is 0 Å². The van der Waals surface area contributed by atoms with E-state index in [1.54, 1.807) is 0 Å². The molecule has 0 heterocycles. The second-order valence-corrected chi connectivity index (χ2v) is 4.44. The Labute approximate surface area is 106 Å². The highest BCUT2D eigenvalue weighted by atomic mass is 79.9. The maximum atomic E-state index is 12.1. The fourth-order valence-electron chi connectivity index (χ4n) is 0.921. The zero-order valence-corrected chi connectivity index (χ0v) is 10.9. The molecule has 0 atom stereocenters. The van der Waals surface area contributed by atoms with Crippen LogP contribution < -0.4 is 4.74 Å². The first kappa shape index (κ1) is 12.9. The molecule has 0 aliphatic rings. The molecule has 0 saturated carbocycles. The van der Waals surface area contributed by atoms with Crippen LogP contribution >= 0.6 is 43.5 Å². The number of halogens is 5. The SMILES string of the molecule is O=C(Cl)c1c(Br)ccc(Br)c1OC(F)F. The van der Waals surface area contributed by atoms with E-state index >= 15 is 0 Å². The van der Waals surface area contributed by atoms with Crippen molar-refractivity contribution in [3.63, 3.8) is 0 Å². The molecule has 0 fully saturated rings. The minimum Gasteiger partial charge on any atom is -0.433 e.